The van der Waals surface area contributed by atoms with Crippen LogP contribution in [0, 0.1) is 0 Å². The highest BCUT2D eigenvalue weighted by Crippen LogP contribution is 2.57. The molecule has 13 aromatic rings. The first-order valence-electron chi connectivity index (χ1n) is 20.3. The Balaban J connectivity index is 1.04. The van der Waals surface area contributed by atoms with Gasteiger partial charge in [-0.3, -0.25) is 0 Å². The average Bonchev–Trinajstić information content (AvgIpc) is 4.02. The molecule has 0 spiro atoms. The van der Waals surface area contributed by atoms with Crippen LogP contribution in [0.15, 0.2) is 162 Å². The maximum absolute atomic E-state index is 7.04. The van der Waals surface area contributed by atoms with E-state index in [0.717, 1.165) is 38.5 Å². The van der Waals surface area contributed by atoms with E-state index in [2.05, 4.69) is 182 Å². The number of hydrogen-bond donors (Lipinski definition) is 2. The van der Waals surface area contributed by atoms with Crippen molar-refractivity contribution in [2.24, 2.45) is 0 Å². The van der Waals surface area contributed by atoms with Gasteiger partial charge in [-0.2, -0.15) is 0 Å². The lowest BCUT2D eigenvalue weighted by molar-refractivity contribution is 0.673. The van der Waals surface area contributed by atoms with Crippen LogP contribution in [-0.2, 0) is 5.41 Å². The fourth-order valence-electron chi connectivity index (χ4n) is 11.2. The molecule has 0 amide bonds. The smallest absolute Gasteiger partial charge is 0.146 e. The second-order valence-electron chi connectivity index (χ2n) is 16.9. The number of nitrogens with one attached hydrogen (secondary N) is 2. The SMILES string of the molecule is CC1(C)c2c(ccc3ccccc23)-c2c1c1c3ccccc3[nH]c1c1cc(-c3ccc4c(c3)oc3c4c4ccccc4c4[nH]c5c6ccccc6ccc5c43)ccc21. The van der Waals surface area contributed by atoms with Crippen LogP contribution in [0.3, 0.4) is 0 Å². The van der Waals surface area contributed by atoms with Gasteiger partial charge in [0, 0.05) is 54.0 Å². The fraction of sp³-hybridized carbons (Fsp3) is 0.0545. The van der Waals surface area contributed by atoms with E-state index < -0.39 is 0 Å². The number of rotatable bonds is 1. The molecule has 3 aromatic heterocycles. The van der Waals surface area contributed by atoms with Gasteiger partial charge in [0.2, 0.25) is 0 Å². The van der Waals surface area contributed by atoms with E-state index in [1.165, 1.54) is 103 Å². The van der Waals surface area contributed by atoms with Crippen molar-refractivity contribution >= 4 is 109 Å². The summed E-state index contributed by atoms with van der Waals surface area (Å²) in [6.07, 6.45) is 0. The minimum atomic E-state index is -0.193. The Labute approximate surface area is 332 Å². The quantitative estimate of drug-likeness (QED) is 0.173. The summed E-state index contributed by atoms with van der Waals surface area (Å²) in [5.74, 6) is 0. The number of benzene rings is 10. The molecule has 0 aliphatic heterocycles. The first-order valence-corrected chi connectivity index (χ1v) is 20.3. The molecule has 0 atom stereocenters. The molecule has 14 rings (SSSR count). The molecule has 3 heterocycles. The Kier molecular flexibility index (Phi) is 5.59. The second-order valence-corrected chi connectivity index (χ2v) is 16.9. The van der Waals surface area contributed by atoms with Crippen LogP contribution in [0.5, 0.6) is 0 Å². The molecular weight excluding hydrogens is 705 g/mol. The van der Waals surface area contributed by atoms with Gasteiger partial charge in [-0.05, 0) is 84.6 Å². The predicted molar refractivity (Wildman–Crippen MR) is 245 cm³/mol. The topological polar surface area (TPSA) is 44.7 Å². The van der Waals surface area contributed by atoms with E-state index in [-0.39, 0.29) is 5.41 Å². The Bertz CT molecular complexity index is 4000. The zero-order chi connectivity index (χ0) is 38.0. The standard InChI is InChI=1S/C55H34N2O/c1-55(2)49-33-13-5-3-11-29(33)19-25-40(49)45-36-23-21-31(27-42(36)53-47(50(45)55)38-17-9-10-18-43(38)56-53)32-22-24-39-44(28-32)58-54-46(39)35-15-7-8-16-37(35)52-48(54)41-26-20-30-12-4-6-14-34(30)51(41)57-52/h3-28,56-57H,1-2H3. The summed E-state index contributed by atoms with van der Waals surface area (Å²) < 4.78 is 7.04. The van der Waals surface area contributed by atoms with Crippen LogP contribution in [0.1, 0.15) is 25.0 Å². The first-order chi connectivity index (χ1) is 28.5. The number of furan rings is 1. The minimum absolute atomic E-state index is 0.193. The Morgan fingerprint density at radius 1 is 0.414 bits per heavy atom. The minimum Gasteiger partial charge on any atom is -0.455 e. The molecule has 3 nitrogen and oxygen atoms in total. The summed E-state index contributed by atoms with van der Waals surface area (Å²) in [6, 6.07) is 58.1. The van der Waals surface area contributed by atoms with Crippen molar-refractivity contribution in [1.82, 2.24) is 9.97 Å². The summed E-state index contributed by atoms with van der Waals surface area (Å²) in [6.45, 7) is 4.84. The van der Waals surface area contributed by atoms with Gasteiger partial charge in [-0.25, -0.2) is 0 Å². The van der Waals surface area contributed by atoms with Crippen molar-refractivity contribution in [2.45, 2.75) is 19.3 Å². The summed E-state index contributed by atoms with van der Waals surface area (Å²) in [4.78, 5) is 7.77. The number of aromatic amines is 2. The highest BCUT2D eigenvalue weighted by molar-refractivity contribution is 6.36. The van der Waals surface area contributed by atoms with E-state index in [9.17, 15) is 0 Å². The highest BCUT2D eigenvalue weighted by atomic mass is 16.3. The Morgan fingerprint density at radius 3 is 1.90 bits per heavy atom. The summed E-state index contributed by atoms with van der Waals surface area (Å²) in [5.41, 5.74) is 14.1. The number of aromatic nitrogens is 2. The molecule has 1 aliphatic carbocycles. The lowest BCUT2D eigenvalue weighted by atomic mass is 9.78. The Morgan fingerprint density at radius 2 is 1.05 bits per heavy atom. The molecule has 0 unspecified atom stereocenters. The molecule has 10 aromatic carbocycles. The first kappa shape index (κ1) is 30.8. The van der Waals surface area contributed by atoms with Crippen LogP contribution in [-0.4, -0.2) is 9.97 Å². The number of H-pyrrole nitrogens is 2. The predicted octanol–water partition coefficient (Wildman–Crippen LogP) is 15.4. The second kappa shape index (κ2) is 10.5. The molecule has 3 heteroatoms. The molecule has 0 saturated heterocycles. The largest absolute Gasteiger partial charge is 0.455 e. The molecule has 0 radical (unpaired) electrons. The van der Waals surface area contributed by atoms with Gasteiger partial charge in [0.25, 0.3) is 0 Å². The van der Waals surface area contributed by atoms with Gasteiger partial charge >= 0.3 is 0 Å². The lowest BCUT2D eigenvalue weighted by Gasteiger charge is -2.24. The third-order valence-corrected chi connectivity index (χ3v) is 13.6. The number of hydrogen-bond acceptors (Lipinski definition) is 1. The van der Waals surface area contributed by atoms with E-state index in [0.29, 0.717) is 0 Å². The van der Waals surface area contributed by atoms with Gasteiger partial charge in [-0.15, -0.1) is 0 Å². The molecule has 270 valence electrons. The van der Waals surface area contributed by atoms with Crippen LogP contribution >= 0.6 is 0 Å². The lowest BCUT2D eigenvalue weighted by Crippen LogP contribution is -2.16. The molecule has 0 bridgehead atoms. The van der Waals surface area contributed by atoms with Crippen molar-refractivity contribution in [1.29, 1.82) is 0 Å². The summed E-state index contributed by atoms with van der Waals surface area (Å²) in [7, 11) is 0. The molecular formula is C55H34N2O. The van der Waals surface area contributed by atoms with Gasteiger partial charge < -0.3 is 14.4 Å². The maximum Gasteiger partial charge on any atom is 0.146 e. The molecule has 2 N–H and O–H groups in total. The van der Waals surface area contributed by atoms with Crippen LogP contribution in [0.25, 0.3) is 131 Å². The molecule has 58 heavy (non-hydrogen) atoms. The van der Waals surface area contributed by atoms with Crippen molar-refractivity contribution in [3.63, 3.8) is 0 Å². The van der Waals surface area contributed by atoms with Gasteiger partial charge in [0.15, 0.2) is 0 Å². The van der Waals surface area contributed by atoms with E-state index in [1.807, 2.05) is 0 Å². The number of fused-ring (bicyclic) bond motifs is 24. The fourth-order valence-corrected chi connectivity index (χ4v) is 11.2. The van der Waals surface area contributed by atoms with Gasteiger partial charge in [0.05, 0.1) is 21.9 Å². The molecule has 0 fully saturated rings. The maximum atomic E-state index is 7.04. The molecule has 1 aliphatic rings. The van der Waals surface area contributed by atoms with Crippen molar-refractivity contribution < 1.29 is 4.42 Å². The van der Waals surface area contributed by atoms with Gasteiger partial charge in [-0.1, -0.05) is 147 Å². The van der Waals surface area contributed by atoms with Crippen molar-refractivity contribution in [3.8, 4) is 22.3 Å². The monoisotopic (exact) mass is 738 g/mol. The van der Waals surface area contributed by atoms with E-state index in [4.69, 9.17) is 4.42 Å². The third kappa shape index (κ3) is 3.70. The average molecular weight is 739 g/mol. The normalized spacial score (nSPS) is 13.8. The Hall–Kier alpha value is -7.36. The molecule has 0 saturated carbocycles. The van der Waals surface area contributed by atoms with E-state index in [1.54, 1.807) is 0 Å². The number of para-hydroxylation sites is 1. The van der Waals surface area contributed by atoms with Crippen LogP contribution in [0.4, 0.5) is 0 Å². The zero-order valence-electron chi connectivity index (χ0n) is 31.9. The highest BCUT2D eigenvalue weighted by Gasteiger charge is 2.40. The summed E-state index contributed by atoms with van der Waals surface area (Å²) in [5, 5.41) is 17.2. The van der Waals surface area contributed by atoms with E-state index >= 15 is 0 Å². The van der Waals surface area contributed by atoms with Crippen LogP contribution in [0.2, 0.25) is 0 Å². The van der Waals surface area contributed by atoms with Gasteiger partial charge in [0.1, 0.15) is 11.2 Å². The van der Waals surface area contributed by atoms with Crippen molar-refractivity contribution in [2.75, 3.05) is 0 Å². The van der Waals surface area contributed by atoms with Crippen molar-refractivity contribution in [3.05, 3.63) is 169 Å². The zero-order valence-corrected chi connectivity index (χ0v) is 31.9. The summed E-state index contributed by atoms with van der Waals surface area (Å²) >= 11 is 0. The van der Waals surface area contributed by atoms with Crippen LogP contribution < -0.4 is 0 Å². The third-order valence-electron chi connectivity index (χ3n) is 13.6.